The highest BCUT2D eigenvalue weighted by atomic mass is 16.7. The summed E-state index contributed by atoms with van der Waals surface area (Å²) in [6, 6.07) is 0. The third-order valence-electron chi connectivity index (χ3n) is 5.97. The quantitative estimate of drug-likeness (QED) is 0.738. The van der Waals surface area contributed by atoms with Gasteiger partial charge < -0.3 is 14.2 Å². The third kappa shape index (κ3) is 4.69. The normalized spacial score (nSPS) is 42.2. The summed E-state index contributed by atoms with van der Waals surface area (Å²) in [7, 11) is 0. The number of carbonyl (C=O) groups is 1. The smallest absolute Gasteiger partial charge is 0.309 e. The summed E-state index contributed by atoms with van der Waals surface area (Å²) in [6.07, 6.45) is 8.83. The van der Waals surface area contributed by atoms with Crippen molar-refractivity contribution in [2.75, 3.05) is 13.2 Å². The Morgan fingerprint density at radius 3 is 1.91 bits per heavy atom. The Labute approximate surface area is 140 Å². The Morgan fingerprint density at radius 1 is 0.826 bits per heavy atom. The molecule has 0 spiro atoms. The predicted molar refractivity (Wildman–Crippen MR) is 87.8 cm³/mol. The van der Waals surface area contributed by atoms with E-state index in [2.05, 4.69) is 13.8 Å². The molecular formula is C19H32O4. The van der Waals surface area contributed by atoms with E-state index in [-0.39, 0.29) is 24.3 Å². The van der Waals surface area contributed by atoms with Crippen molar-refractivity contribution in [1.82, 2.24) is 0 Å². The molecular weight excluding hydrogens is 292 g/mol. The summed E-state index contributed by atoms with van der Waals surface area (Å²) in [5.41, 5.74) is 0. The largest absolute Gasteiger partial charge is 0.457 e. The molecule has 2 aliphatic carbocycles. The van der Waals surface area contributed by atoms with E-state index in [4.69, 9.17) is 14.2 Å². The lowest BCUT2D eigenvalue weighted by Gasteiger charge is -2.37. The third-order valence-corrected chi connectivity index (χ3v) is 5.97. The van der Waals surface area contributed by atoms with Crippen LogP contribution in [0.25, 0.3) is 0 Å². The summed E-state index contributed by atoms with van der Waals surface area (Å²) < 4.78 is 17.4. The minimum absolute atomic E-state index is 0.0426. The number of rotatable bonds is 3. The minimum atomic E-state index is -0.222. The maximum Gasteiger partial charge on any atom is 0.309 e. The van der Waals surface area contributed by atoms with Crippen molar-refractivity contribution in [3.63, 3.8) is 0 Å². The molecule has 4 nitrogen and oxygen atoms in total. The Balaban J connectivity index is 1.38. The van der Waals surface area contributed by atoms with Crippen LogP contribution < -0.4 is 0 Å². The second-order valence-electron chi connectivity index (χ2n) is 8.07. The second kappa shape index (κ2) is 7.98. The van der Waals surface area contributed by atoms with Crippen molar-refractivity contribution in [3.8, 4) is 0 Å². The molecule has 0 bridgehead atoms. The van der Waals surface area contributed by atoms with Crippen LogP contribution in [0.5, 0.6) is 0 Å². The molecule has 0 aromatic carbocycles. The summed E-state index contributed by atoms with van der Waals surface area (Å²) in [4.78, 5) is 12.3. The molecule has 0 aromatic heterocycles. The molecule has 23 heavy (non-hydrogen) atoms. The summed E-state index contributed by atoms with van der Waals surface area (Å²) >= 11 is 0. The number of carbonyl (C=O) groups excluding carboxylic acids is 1. The molecule has 0 amide bonds. The Hall–Kier alpha value is -0.610. The Kier molecular flexibility index (Phi) is 5.97. The van der Waals surface area contributed by atoms with Crippen LogP contribution in [0.2, 0.25) is 0 Å². The zero-order valence-corrected chi connectivity index (χ0v) is 14.7. The van der Waals surface area contributed by atoms with E-state index in [1.165, 1.54) is 25.7 Å². The van der Waals surface area contributed by atoms with Gasteiger partial charge in [0.1, 0.15) is 6.10 Å². The Bertz CT molecular complexity index is 373. The van der Waals surface area contributed by atoms with Crippen molar-refractivity contribution < 1.29 is 19.0 Å². The molecule has 0 atom stereocenters. The molecule has 2 saturated carbocycles. The highest BCUT2D eigenvalue weighted by Crippen LogP contribution is 2.34. The van der Waals surface area contributed by atoms with Crippen LogP contribution >= 0.6 is 0 Å². The lowest BCUT2D eigenvalue weighted by Crippen LogP contribution is -2.43. The molecule has 3 aliphatic rings. The fourth-order valence-electron chi connectivity index (χ4n) is 4.16. The van der Waals surface area contributed by atoms with Crippen molar-refractivity contribution in [2.24, 2.45) is 23.7 Å². The number of hydrogen-bond acceptors (Lipinski definition) is 4. The Morgan fingerprint density at radius 2 is 1.35 bits per heavy atom. The minimum Gasteiger partial charge on any atom is -0.457 e. The first-order valence-corrected chi connectivity index (χ1v) is 9.55. The van der Waals surface area contributed by atoms with E-state index in [1.54, 1.807) is 0 Å². The first-order valence-electron chi connectivity index (χ1n) is 9.55. The van der Waals surface area contributed by atoms with Crippen molar-refractivity contribution in [3.05, 3.63) is 0 Å². The van der Waals surface area contributed by atoms with Crippen molar-refractivity contribution in [1.29, 1.82) is 0 Å². The van der Waals surface area contributed by atoms with Gasteiger partial charge in [-0.25, -0.2) is 0 Å². The van der Waals surface area contributed by atoms with Crippen molar-refractivity contribution >= 4 is 5.97 Å². The first-order chi connectivity index (χ1) is 11.1. The van der Waals surface area contributed by atoms with E-state index in [0.717, 1.165) is 37.5 Å². The van der Waals surface area contributed by atoms with E-state index in [9.17, 15) is 4.79 Å². The predicted octanol–water partition coefficient (Wildman–Crippen LogP) is 3.92. The van der Waals surface area contributed by atoms with E-state index in [1.807, 2.05) is 0 Å². The van der Waals surface area contributed by atoms with Crippen LogP contribution in [-0.4, -0.2) is 31.6 Å². The summed E-state index contributed by atoms with van der Waals surface area (Å²) in [6.45, 7) is 5.56. The van der Waals surface area contributed by atoms with Crippen LogP contribution in [0.1, 0.15) is 65.2 Å². The monoisotopic (exact) mass is 324 g/mol. The highest BCUT2D eigenvalue weighted by molar-refractivity contribution is 5.72. The standard InChI is InChI=1S/C19H32O4/c1-13-3-7-15(8-4-13)18(20)23-17-11-21-19(22-12-17)16-9-5-14(2)6-10-16/h13-17,19H,3-12H2,1-2H3. The van der Waals surface area contributed by atoms with Gasteiger partial charge in [-0.2, -0.15) is 0 Å². The second-order valence-corrected chi connectivity index (χ2v) is 8.07. The molecule has 1 aliphatic heterocycles. The van der Waals surface area contributed by atoms with Gasteiger partial charge in [0.25, 0.3) is 0 Å². The molecule has 4 heteroatoms. The van der Waals surface area contributed by atoms with Gasteiger partial charge in [0, 0.05) is 5.92 Å². The summed E-state index contributed by atoms with van der Waals surface area (Å²) in [5.74, 6) is 2.15. The molecule has 1 saturated heterocycles. The van der Waals surface area contributed by atoms with Gasteiger partial charge in [-0.15, -0.1) is 0 Å². The molecule has 0 aromatic rings. The van der Waals surface area contributed by atoms with E-state index >= 15 is 0 Å². The number of esters is 1. The average molecular weight is 324 g/mol. The zero-order chi connectivity index (χ0) is 16.2. The lowest BCUT2D eigenvalue weighted by atomic mass is 9.82. The van der Waals surface area contributed by atoms with Gasteiger partial charge in [-0.05, 0) is 50.4 Å². The maximum absolute atomic E-state index is 12.3. The van der Waals surface area contributed by atoms with Gasteiger partial charge in [0.2, 0.25) is 0 Å². The van der Waals surface area contributed by atoms with E-state index in [0.29, 0.717) is 19.1 Å². The van der Waals surface area contributed by atoms with Crippen LogP contribution in [0, 0.1) is 23.7 Å². The number of ether oxygens (including phenoxy) is 3. The molecule has 3 fully saturated rings. The molecule has 132 valence electrons. The lowest BCUT2D eigenvalue weighted by molar-refractivity contribution is -0.248. The molecule has 0 unspecified atom stereocenters. The SMILES string of the molecule is CC1CCC(C(=O)OC2COC(C3CCC(C)CC3)OC2)CC1. The fraction of sp³-hybridized carbons (Fsp3) is 0.947. The zero-order valence-electron chi connectivity index (χ0n) is 14.7. The topological polar surface area (TPSA) is 44.8 Å². The maximum atomic E-state index is 12.3. The van der Waals surface area contributed by atoms with Gasteiger partial charge in [0.15, 0.2) is 6.29 Å². The van der Waals surface area contributed by atoms with E-state index < -0.39 is 0 Å². The van der Waals surface area contributed by atoms with Crippen LogP contribution in [-0.2, 0) is 19.0 Å². The fourth-order valence-corrected chi connectivity index (χ4v) is 4.16. The molecule has 1 heterocycles. The van der Waals surface area contributed by atoms with Gasteiger partial charge in [0.05, 0.1) is 19.1 Å². The van der Waals surface area contributed by atoms with Gasteiger partial charge >= 0.3 is 5.97 Å². The van der Waals surface area contributed by atoms with Crippen molar-refractivity contribution in [2.45, 2.75) is 77.6 Å². The average Bonchev–Trinajstić information content (AvgIpc) is 2.57. The molecule has 0 N–H and O–H groups in total. The highest BCUT2D eigenvalue weighted by Gasteiger charge is 2.34. The molecule has 3 rings (SSSR count). The van der Waals surface area contributed by atoms with Crippen LogP contribution in [0.3, 0.4) is 0 Å². The van der Waals surface area contributed by atoms with Gasteiger partial charge in [-0.3, -0.25) is 4.79 Å². The van der Waals surface area contributed by atoms with Crippen LogP contribution in [0.15, 0.2) is 0 Å². The van der Waals surface area contributed by atoms with Gasteiger partial charge in [-0.1, -0.05) is 26.7 Å². The molecule has 0 radical (unpaired) electrons. The first kappa shape index (κ1) is 17.2. The number of hydrogen-bond donors (Lipinski definition) is 0. The summed E-state index contributed by atoms with van der Waals surface area (Å²) in [5, 5.41) is 0. The van der Waals surface area contributed by atoms with Crippen LogP contribution in [0.4, 0.5) is 0 Å².